The van der Waals surface area contributed by atoms with Crippen molar-refractivity contribution in [1.82, 2.24) is 14.9 Å². The molecule has 182 valence electrons. The first-order chi connectivity index (χ1) is 16.1. The maximum absolute atomic E-state index is 13.2. The van der Waals surface area contributed by atoms with E-state index in [0.717, 1.165) is 12.0 Å². The van der Waals surface area contributed by atoms with E-state index in [9.17, 15) is 18.0 Å². The van der Waals surface area contributed by atoms with Crippen LogP contribution in [-0.2, 0) is 21.2 Å². The minimum Gasteiger partial charge on any atom is -0.352 e. The van der Waals surface area contributed by atoms with Crippen molar-refractivity contribution in [1.29, 1.82) is 0 Å². The highest BCUT2D eigenvalue weighted by molar-refractivity contribution is 7.89. The van der Waals surface area contributed by atoms with Gasteiger partial charge in [-0.1, -0.05) is 50.3 Å². The van der Waals surface area contributed by atoms with Gasteiger partial charge in [0.05, 0.1) is 4.90 Å². The maximum atomic E-state index is 13.2. The molecule has 0 spiro atoms. The summed E-state index contributed by atoms with van der Waals surface area (Å²) in [6, 6.07) is 14.0. The summed E-state index contributed by atoms with van der Waals surface area (Å²) in [5, 5.41) is 5.79. The zero-order chi connectivity index (χ0) is 24.9. The van der Waals surface area contributed by atoms with Crippen LogP contribution in [0.4, 0.5) is 0 Å². The molecule has 2 amide bonds. The van der Waals surface area contributed by atoms with Crippen LogP contribution in [-0.4, -0.2) is 50.2 Å². The van der Waals surface area contributed by atoms with E-state index in [1.165, 1.54) is 28.1 Å². The average molecular weight is 484 g/mol. The van der Waals surface area contributed by atoms with Crippen molar-refractivity contribution in [2.24, 2.45) is 11.8 Å². The minimum atomic E-state index is -3.72. The van der Waals surface area contributed by atoms with E-state index in [-0.39, 0.29) is 34.6 Å². The molecule has 1 aliphatic heterocycles. The maximum Gasteiger partial charge on any atom is 0.251 e. The van der Waals surface area contributed by atoms with Gasteiger partial charge in [-0.15, -0.1) is 0 Å². The number of piperidine rings is 1. The number of hydrogen-bond donors (Lipinski definition) is 2. The molecule has 1 aliphatic rings. The van der Waals surface area contributed by atoms with Crippen LogP contribution in [0.25, 0.3) is 0 Å². The Hall–Kier alpha value is -2.97. The molecule has 3 rings (SSSR count). The average Bonchev–Trinajstić information content (AvgIpc) is 2.81. The van der Waals surface area contributed by atoms with Gasteiger partial charge in [0.2, 0.25) is 15.9 Å². The van der Waals surface area contributed by atoms with E-state index in [1.54, 1.807) is 12.1 Å². The van der Waals surface area contributed by atoms with Gasteiger partial charge in [-0.3, -0.25) is 9.59 Å². The summed E-state index contributed by atoms with van der Waals surface area (Å²) < 4.78 is 27.9. The van der Waals surface area contributed by atoms with Gasteiger partial charge >= 0.3 is 0 Å². The lowest BCUT2D eigenvalue weighted by Gasteiger charge is -2.40. The fourth-order valence-corrected chi connectivity index (χ4v) is 6.07. The van der Waals surface area contributed by atoms with E-state index < -0.39 is 10.0 Å². The summed E-state index contributed by atoms with van der Waals surface area (Å²) in [5.74, 6) is -0.605. The molecule has 8 heteroatoms. The molecule has 1 heterocycles. The van der Waals surface area contributed by atoms with Crippen LogP contribution in [0.5, 0.6) is 0 Å². The van der Waals surface area contributed by atoms with Crippen LogP contribution in [0.1, 0.15) is 35.3 Å². The van der Waals surface area contributed by atoms with Crippen molar-refractivity contribution in [3.63, 3.8) is 0 Å². The third-order valence-corrected chi connectivity index (χ3v) is 8.09. The van der Waals surface area contributed by atoms with Crippen molar-refractivity contribution in [3.8, 4) is 0 Å². The monoisotopic (exact) mass is 483 g/mol. The molecule has 2 atom stereocenters. The van der Waals surface area contributed by atoms with Gasteiger partial charge in [0.1, 0.15) is 0 Å². The SMILES string of the molecule is C=CC(=O)NC1C(C)CN(S(=O)(=O)c2ccc(C(=O)NCCc3cccc(C)c3)cc2)CC1C. The number of nitrogens with one attached hydrogen (secondary N) is 2. The van der Waals surface area contributed by atoms with Gasteiger partial charge in [0.25, 0.3) is 5.91 Å². The lowest BCUT2D eigenvalue weighted by molar-refractivity contribution is -0.118. The third kappa shape index (κ3) is 6.12. The highest BCUT2D eigenvalue weighted by Crippen LogP contribution is 2.27. The lowest BCUT2D eigenvalue weighted by atomic mass is 9.87. The largest absolute Gasteiger partial charge is 0.352 e. The molecule has 0 aromatic heterocycles. The molecule has 0 radical (unpaired) electrons. The fourth-order valence-electron chi connectivity index (χ4n) is 4.43. The Morgan fingerprint density at radius 3 is 2.32 bits per heavy atom. The van der Waals surface area contributed by atoms with Crippen molar-refractivity contribution in [2.45, 2.75) is 38.1 Å². The number of benzene rings is 2. The van der Waals surface area contributed by atoms with Crippen molar-refractivity contribution in [2.75, 3.05) is 19.6 Å². The van der Waals surface area contributed by atoms with Gasteiger partial charge < -0.3 is 10.6 Å². The summed E-state index contributed by atoms with van der Waals surface area (Å²) in [6.07, 6.45) is 1.95. The molecule has 1 saturated heterocycles. The van der Waals surface area contributed by atoms with Crippen molar-refractivity contribution >= 4 is 21.8 Å². The Balaban J connectivity index is 1.61. The molecule has 7 nitrogen and oxygen atoms in total. The predicted octanol–water partition coefficient (Wildman–Crippen LogP) is 2.91. The van der Waals surface area contributed by atoms with Crippen LogP contribution < -0.4 is 10.6 Å². The standard InChI is InChI=1S/C26H33N3O4S/c1-5-24(30)28-25-19(3)16-29(17-20(25)4)34(32,33)23-11-9-22(10-12-23)26(31)27-14-13-21-8-6-7-18(2)15-21/h5-12,15,19-20,25H,1,13-14,16-17H2,2-4H3,(H,27,31)(H,28,30). The molecular formula is C26H33N3O4S. The highest BCUT2D eigenvalue weighted by Gasteiger charge is 2.38. The molecule has 34 heavy (non-hydrogen) atoms. The Morgan fingerprint density at radius 2 is 1.74 bits per heavy atom. The fraction of sp³-hybridized carbons (Fsp3) is 0.385. The van der Waals surface area contributed by atoms with Crippen LogP contribution >= 0.6 is 0 Å². The number of amides is 2. The van der Waals surface area contributed by atoms with Gasteiger partial charge in [0.15, 0.2) is 0 Å². The van der Waals surface area contributed by atoms with Crippen LogP contribution in [0.15, 0.2) is 66.1 Å². The molecule has 0 aliphatic carbocycles. The Kier molecular flexibility index (Phi) is 8.28. The summed E-state index contributed by atoms with van der Waals surface area (Å²) in [6.45, 7) is 10.5. The molecule has 0 bridgehead atoms. The molecule has 1 fully saturated rings. The lowest BCUT2D eigenvalue weighted by Crippen LogP contribution is -2.55. The first-order valence-electron chi connectivity index (χ1n) is 11.5. The first kappa shape index (κ1) is 25.6. The number of nitrogens with zero attached hydrogens (tertiary/aromatic N) is 1. The normalized spacial score (nSPS) is 21.0. The van der Waals surface area contributed by atoms with Gasteiger partial charge in [-0.2, -0.15) is 4.31 Å². The molecule has 2 N–H and O–H groups in total. The summed E-state index contributed by atoms with van der Waals surface area (Å²) in [7, 11) is -3.72. The third-order valence-electron chi connectivity index (χ3n) is 6.24. The number of aryl methyl sites for hydroxylation is 1. The van der Waals surface area contributed by atoms with E-state index >= 15 is 0 Å². The molecule has 2 aromatic rings. The molecule has 2 aromatic carbocycles. The minimum absolute atomic E-state index is 0.0547. The van der Waals surface area contributed by atoms with E-state index in [0.29, 0.717) is 25.2 Å². The van der Waals surface area contributed by atoms with Crippen molar-refractivity contribution in [3.05, 3.63) is 77.9 Å². The number of sulfonamides is 1. The second-order valence-electron chi connectivity index (χ2n) is 9.03. The zero-order valence-electron chi connectivity index (χ0n) is 20.0. The van der Waals surface area contributed by atoms with Crippen LogP contribution in [0, 0.1) is 18.8 Å². The summed E-state index contributed by atoms with van der Waals surface area (Å²) >= 11 is 0. The van der Waals surface area contributed by atoms with Crippen LogP contribution in [0.3, 0.4) is 0 Å². The first-order valence-corrected chi connectivity index (χ1v) is 12.9. The van der Waals surface area contributed by atoms with E-state index in [2.05, 4.69) is 23.3 Å². The molecular weight excluding hydrogens is 450 g/mol. The number of rotatable bonds is 8. The van der Waals surface area contributed by atoms with Crippen molar-refractivity contribution < 1.29 is 18.0 Å². The van der Waals surface area contributed by atoms with Crippen LogP contribution in [0.2, 0.25) is 0 Å². The van der Waals surface area contributed by atoms with E-state index in [4.69, 9.17) is 0 Å². The number of carbonyl (C=O) groups is 2. The summed E-state index contributed by atoms with van der Waals surface area (Å²) in [5.41, 5.74) is 2.74. The zero-order valence-corrected chi connectivity index (χ0v) is 20.8. The molecule has 2 unspecified atom stereocenters. The van der Waals surface area contributed by atoms with Gasteiger partial charge in [-0.05, 0) is 61.1 Å². The number of hydrogen-bond acceptors (Lipinski definition) is 4. The smallest absolute Gasteiger partial charge is 0.251 e. The topological polar surface area (TPSA) is 95.6 Å². The predicted molar refractivity (Wildman–Crippen MR) is 133 cm³/mol. The van der Waals surface area contributed by atoms with Gasteiger partial charge in [0, 0.05) is 31.2 Å². The molecule has 0 saturated carbocycles. The van der Waals surface area contributed by atoms with E-state index in [1.807, 2.05) is 39.0 Å². The Bertz CT molecular complexity index is 1130. The summed E-state index contributed by atoms with van der Waals surface area (Å²) in [4.78, 5) is 24.4. The Labute approximate surface area is 202 Å². The second kappa shape index (κ2) is 11.0. The highest BCUT2D eigenvalue weighted by atomic mass is 32.2. The Morgan fingerprint density at radius 1 is 1.09 bits per heavy atom. The van der Waals surface area contributed by atoms with Gasteiger partial charge in [-0.25, -0.2) is 8.42 Å². The second-order valence-corrected chi connectivity index (χ2v) is 11.0. The quantitative estimate of drug-likeness (QED) is 0.565. The number of carbonyl (C=O) groups excluding carboxylic acids is 2.